The molecule has 1 aromatic carbocycles. The van der Waals surface area contributed by atoms with Gasteiger partial charge in [-0.15, -0.1) is 0 Å². The monoisotopic (exact) mass is 396 g/mol. The van der Waals surface area contributed by atoms with E-state index >= 15 is 0 Å². The van der Waals surface area contributed by atoms with Gasteiger partial charge < -0.3 is 19.4 Å². The number of nitrogens with one attached hydrogen (secondary N) is 1. The first-order valence-corrected chi connectivity index (χ1v) is 9.65. The summed E-state index contributed by atoms with van der Waals surface area (Å²) in [5.41, 5.74) is 1.49. The Hall–Kier alpha value is -3.35. The number of carbonyl (C=O) groups excluding carboxylic acids is 3. The summed E-state index contributed by atoms with van der Waals surface area (Å²) in [6.45, 7) is 3.07. The van der Waals surface area contributed by atoms with E-state index in [0.29, 0.717) is 25.4 Å². The van der Waals surface area contributed by atoms with Gasteiger partial charge in [0, 0.05) is 24.9 Å². The molecule has 1 unspecified atom stereocenters. The molecule has 1 atom stereocenters. The molecule has 0 radical (unpaired) electrons. The molecule has 7 heteroatoms. The van der Waals surface area contributed by atoms with Crippen molar-refractivity contribution >= 4 is 29.5 Å². The van der Waals surface area contributed by atoms with E-state index in [9.17, 15) is 14.4 Å². The number of amides is 2. The van der Waals surface area contributed by atoms with E-state index in [1.54, 1.807) is 54.3 Å². The van der Waals surface area contributed by atoms with Gasteiger partial charge >= 0.3 is 5.97 Å². The van der Waals surface area contributed by atoms with Gasteiger partial charge in [-0.2, -0.15) is 0 Å². The minimum atomic E-state index is -0.393. The third-order valence-corrected chi connectivity index (χ3v) is 4.69. The molecule has 29 heavy (non-hydrogen) atoms. The van der Waals surface area contributed by atoms with E-state index in [4.69, 9.17) is 9.15 Å². The lowest BCUT2D eigenvalue weighted by Gasteiger charge is -2.31. The standard InChI is InChI=1S/C22H24N2O5/c1-2-28-20(25)12-9-16-7-10-18(11-8-16)23-21(26)17-5-3-13-24(15-17)22(27)19-6-4-14-29-19/h4,6-12,14,17H,2-3,5,13,15H2,1H3,(H,23,26)/b12-9+. The highest BCUT2D eigenvalue weighted by atomic mass is 16.5. The minimum absolute atomic E-state index is 0.114. The van der Waals surface area contributed by atoms with Crippen molar-refractivity contribution in [2.24, 2.45) is 5.92 Å². The molecule has 2 amide bonds. The molecule has 1 aliphatic rings. The maximum Gasteiger partial charge on any atom is 0.330 e. The zero-order valence-corrected chi connectivity index (χ0v) is 16.3. The summed E-state index contributed by atoms with van der Waals surface area (Å²) in [6, 6.07) is 10.5. The van der Waals surface area contributed by atoms with Crippen LogP contribution in [0.3, 0.4) is 0 Å². The molecular weight excluding hydrogens is 372 g/mol. The lowest BCUT2D eigenvalue weighted by molar-refractivity contribution is -0.137. The summed E-state index contributed by atoms with van der Waals surface area (Å²) >= 11 is 0. The SMILES string of the molecule is CCOC(=O)/C=C/c1ccc(NC(=O)C2CCCN(C(=O)c3ccco3)C2)cc1. The van der Waals surface area contributed by atoms with Crippen LogP contribution < -0.4 is 5.32 Å². The molecule has 2 heterocycles. The number of furan rings is 1. The Morgan fingerprint density at radius 1 is 1.24 bits per heavy atom. The zero-order valence-electron chi connectivity index (χ0n) is 16.3. The van der Waals surface area contributed by atoms with Crippen LogP contribution in [-0.4, -0.2) is 42.4 Å². The molecule has 0 spiro atoms. The summed E-state index contributed by atoms with van der Waals surface area (Å²) in [6.07, 6.45) is 5.98. The van der Waals surface area contributed by atoms with E-state index in [1.165, 1.54) is 12.3 Å². The predicted octanol–water partition coefficient (Wildman–Crippen LogP) is 3.35. The fourth-order valence-electron chi connectivity index (χ4n) is 3.21. The van der Waals surface area contributed by atoms with E-state index in [-0.39, 0.29) is 23.5 Å². The van der Waals surface area contributed by atoms with Crippen LogP contribution in [0.15, 0.2) is 53.2 Å². The van der Waals surface area contributed by atoms with Crippen LogP contribution in [-0.2, 0) is 14.3 Å². The lowest BCUT2D eigenvalue weighted by atomic mass is 9.96. The summed E-state index contributed by atoms with van der Waals surface area (Å²) in [7, 11) is 0. The van der Waals surface area contributed by atoms with Crippen molar-refractivity contribution in [2.75, 3.05) is 25.0 Å². The first-order chi connectivity index (χ1) is 14.1. The Kier molecular flexibility index (Phi) is 6.84. The highest BCUT2D eigenvalue weighted by Crippen LogP contribution is 2.21. The van der Waals surface area contributed by atoms with Crippen LogP contribution in [0.1, 0.15) is 35.9 Å². The number of anilines is 1. The van der Waals surface area contributed by atoms with Gasteiger partial charge in [-0.05, 0) is 55.7 Å². The number of hydrogen-bond acceptors (Lipinski definition) is 5. The first kappa shape index (κ1) is 20.4. The average Bonchev–Trinajstić information content (AvgIpc) is 3.28. The molecule has 1 N–H and O–H groups in total. The van der Waals surface area contributed by atoms with E-state index in [2.05, 4.69) is 5.32 Å². The molecule has 0 aliphatic carbocycles. The maximum absolute atomic E-state index is 12.6. The Balaban J connectivity index is 1.55. The van der Waals surface area contributed by atoms with Crippen LogP contribution in [0, 0.1) is 5.92 Å². The maximum atomic E-state index is 12.6. The van der Waals surface area contributed by atoms with E-state index in [0.717, 1.165) is 18.4 Å². The molecule has 1 fully saturated rings. The van der Waals surface area contributed by atoms with Gasteiger partial charge in [-0.3, -0.25) is 9.59 Å². The number of rotatable bonds is 6. The van der Waals surface area contributed by atoms with Crippen molar-refractivity contribution in [3.05, 3.63) is 60.1 Å². The van der Waals surface area contributed by atoms with Crippen LogP contribution in [0.4, 0.5) is 5.69 Å². The Morgan fingerprint density at radius 3 is 2.72 bits per heavy atom. The van der Waals surface area contributed by atoms with Crippen LogP contribution in [0.25, 0.3) is 6.08 Å². The van der Waals surface area contributed by atoms with Crippen molar-refractivity contribution in [3.8, 4) is 0 Å². The Morgan fingerprint density at radius 2 is 2.03 bits per heavy atom. The van der Waals surface area contributed by atoms with Gasteiger partial charge in [0.25, 0.3) is 5.91 Å². The number of carbonyl (C=O) groups is 3. The number of nitrogens with zero attached hydrogens (tertiary/aromatic N) is 1. The molecule has 7 nitrogen and oxygen atoms in total. The van der Waals surface area contributed by atoms with Gasteiger partial charge in [0.05, 0.1) is 18.8 Å². The summed E-state index contributed by atoms with van der Waals surface area (Å²) < 4.78 is 10.0. The number of likely N-dealkylation sites (tertiary alicyclic amines) is 1. The zero-order chi connectivity index (χ0) is 20.6. The quantitative estimate of drug-likeness (QED) is 0.598. The van der Waals surface area contributed by atoms with E-state index in [1.807, 2.05) is 0 Å². The number of ether oxygens (including phenoxy) is 1. The molecule has 3 rings (SSSR count). The molecule has 1 aromatic heterocycles. The third-order valence-electron chi connectivity index (χ3n) is 4.69. The molecule has 2 aromatic rings. The van der Waals surface area contributed by atoms with Gasteiger partial charge in [0.15, 0.2) is 5.76 Å². The minimum Gasteiger partial charge on any atom is -0.463 e. The molecule has 0 saturated carbocycles. The van der Waals surface area contributed by atoms with Gasteiger partial charge in [0.2, 0.25) is 5.91 Å². The fraction of sp³-hybridized carbons (Fsp3) is 0.318. The van der Waals surface area contributed by atoms with Crippen molar-refractivity contribution in [1.82, 2.24) is 4.90 Å². The highest BCUT2D eigenvalue weighted by molar-refractivity contribution is 5.95. The average molecular weight is 396 g/mol. The van der Waals surface area contributed by atoms with Crippen LogP contribution in [0.5, 0.6) is 0 Å². The second-order valence-corrected chi connectivity index (χ2v) is 6.76. The molecule has 1 aliphatic heterocycles. The van der Waals surface area contributed by atoms with Crippen molar-refractivity contribution in [2.45, 2.75) is 19.8 Å². The topological polar surface area (TPSA) is 88.9 Å². The van der Waals surface area contributed by atoms with Gasteiger partial charge in [-0.1, -0.05) is 12.1 Å². The van der Waals surface area contributed by atoms with Crippen molar-refractivity contribution < 1.29 is 23.5 Å². The van der Waals surface area contributed by atoms with Crippen LogP contribution >= 0.6 is 0 Å². The molecule has 152 valence electrons. The smallest absolute Gasteiger partial charge is 0.330 e. The lowest BCUT2D eigenvalue weighted by Crippen LogP contribution is -2.43. The molecular formula is C22H24N2O5. The first-order valence-electron chi connectivity index (χ1n) is 9.65. The summed E-state index contributed by atoms with van der Waals surface area (Å²) in [5.74, 6) is -0.679. The second kappa shape index (κ2) is 9.73. The van der Waals surface area contributed by atoms with Crippen molar-refractivity contribution in [1.29, 1.82) is 0 Å². The van der Waals surface area contributed by atoms with Gasteiger partial charge in [-0.25, -0.2) is 4.79 Å². The normalized spacial score (nSPS) is 16.6. The largest absolute Gasteiger partial charge is 0.463 e. The van der Waals surface area contributed by atoms with Crippen LogP contribution in [0.2, 0.25) is 0 Å². The third kappa shape index (κ3) is 5.57. The van der Waals surface area contributed by atoms with E-state index < -0.39 is 5.97 Å². The summed E-state index contributed by atoms with van der Waals surface area (Å²) in [4.78, 5) is 38.1. The predicted molar refractivity (Wildman–Crippen MR) is 108 cm³/mol. The van der Waals surface area contributed by atoms with Crippen molar-refractivity contribution in [3.63, 3.8) is 0 Å². The highest BCUT2D eigenvalue weighted by Gasteiger charge is 2.29. The summed E-state index contributed by atoms with van der Waals surface area (Å²) in [5, 5.41) is 2.90. The fourth-order valence-corrected chi connectivity index (χ4v) is 3.21. The Labute approximate surface area is 169 Å². The Bertz CT molecular complexity index is 871. The van der Waals surface area contributed by atoms with Gasteiger partial charge in [0.1, 0.15) is 0 Å². The molecule has 0 bridgehead atoms. The number of benzene rings is 1. The number of hydrogen-bond donors (Lipinski definition) is 1. The second-order valence-electron chi connectivity index (χ2n) is 6.76. The number of piperidine rings is 1. The molecule has 1 saturated heterocycles. The number of esters is 1.